The molecule has 0 fully saturated rings. The summed E-state index contributed by atoms with van der Waals surface area (Å²) in [5, 5.41) is 9.69. The van der Waals surface area contributed by atoms with Crippen LogP contribution in [0.3, 0.4) is 0 Å². The topological polar surface area (TPSA) is 50.2 Å². The van der Waals surface area contributed by atoms with Crippen LogP contribution in [-0.4, -0.2) is 16.4 Å². The molecule has 1 aromatic carbocycles. The molecule has 0 aliphatic carbocycles. The van der Waals surface area contributed by atoms with Crippen molar-refractivity contribution in [3.8, 4) is 16.3 Å². The number of thiazole rings is 1. The zero-order chi connectivity index (χ0) is 10.8. The number of aromatic nitrogens is 1. The van der Waals surface area contributed by atoms with E-state index in [0.717, 1.165) is 17.4 Å². The highest BCUT2D eigenvalue weighted by molar-refractivity contribution is 7.16. The molecule has 3 nitrogen and oxygen atoms in total. The summed E-state index contributed by atoms with van der Waals surface area (Å²) in [6.45, 7) is 0. The second-order valence-corrected chi connectivity index (χ2v) is 3.95. The molecule has 0 spiro atoms. The molecule has 76 valence electrons. The molecule has 5 heteroatoms. The maximum absolute atomic E-state index is 12.9. The lowest BCUT2D eigenvalue weighted by Gasteiger charge is -1.97. The number of phenols is 1. The summed E-state index contributed by atoms with van der Waals surface area (Å²) in [5.74, 6) is -0.694. The van der Waals surface area contributed by atoms with Crippen LogP contribution in [0.25, 0.3) is 10.6 Å². The Hall–Kier alpha value is -1.75. The van der Waals surface area contributed by atoms with Crippen molar-refractivity contribution in [2.45, 2.75) is 0 Å². The third-order valence-corrected chi connectivity index (χ3v) is 2.74. The number of carbonyl (C=O) groups excluding carboxylic acids is 1. The number of hydrogen-bond donors (Lipinski definition) is 1. The van der Waals surface area contributed by atoms with Crippen molar-refractivity contribution in [2.24, 2.45) is 0 Å². The van der Waals surface area contributed by atoms with Crippen LogP contribution in [0, 0.1) is 5.82 Å². The van der Waals surface area contributed by atoms with Crippen molar-refractivity contribution in [3.05, 3.63) is 35.1 Å². The number of aromatic hydroxyl groups is 1. The predicted octanol–water partition coefficient (Wildman–Crippen LogP) is 2.47. The molecular weight excluding hydrogens is 217 g/mol. The molecule has 1 heterocycles. The van der Waals surface area contributed by atoms with Crippen molar-refractivity contribution < 1.29 is 14.3 Å². The lowest BCUT2D eigenvalue weighted by atomic mass is 10.2. The standard InChI is InChI=1S/C10H6FNO2S/c11-7-1-6(2-8(14)3-7)10-12-4-9(5-13)15-10/h1-5,14H. The SMILES string of the molecule is O=Cc1cnc(-c2cc(O)cc(F)c2)s1. The van der Waals surface area contributed by atoms with Gasteiger partial charge in [-0.05, 0) is 12.1 Å². The molecular formula is C10H6FNO2S. The maximum Gasteiger partial charge on any atom is 0.161 e. The highest BCUT2D eigenvalue weighted by Gasteiger charge is 2.06. The Balaban J connectivity index is 2.48. The molecule has 0 atom stereocenters. The molecule has 1 N–H and O–H groups in total. The van der Waals surface area contributed by atoms with Crippen molar-refractivity contribution in [2.75, 3.05) is 0 Å². The lowest BCUT2D eigenvalue weighted by Crippen LogP contribution is -1.79. The van der Waals surface area contributed by atoms with E-state index in [0.29, 0.717) is 21.7 Å². The van der Waals surface area contributed by atoms with E-state index in [1.807, 2.05) is 0 Å². The van der Waals surface area contributed by atoms with E-state index in [-0.39, 0.29) is 5.75 Å². The van der Waals surface area contributed by atoms with Crippen LogP contribution in [-0.2, 0) is 0 Å². The average Bonchev–Trinajstić information content (AvgIpc) is 2.64. The van der Waals surface area contributed by atoms with Crippen LogP contribution >= 0.6 is 11.3 Å². The average molecular weight is 223 g/mol. The first-order chi connectivity index (χ1) is 7.19. The Labute approximate surface area is 88.8 Å². The van der Waals surface area contributed by atoms with Crippen molar-refractivity contribution in [1.82, 2.24) is 4.98 Å². The number of phenolic OH excluding ortho intramolecular Hbond substituents is 1. The summed E-state index contributed by atoms with van der Waals surface area (Å²) in [4.78, 5) is 14.8. The molecule has 0 aliphatic heterocycles. The number of rotatable bonds is 2. The van der Waals surface area contributed by atoms with E-state index < -0.39 is 5.82 Å². The first-order valence-corrected chi connectivity index (χ1v) is 4.91. The fraction of sp³-hybridized carbons (Fsp3) is 0. The van der Waals surface area contributed by atoms with Gasteiger partial charge >= 0.3 is 0 Å². The van der Waals surface area contributed by atoms with E-state index in [1.165, 1.54) is 18.3 Å². The summed E-state index contributed by atoms with van der Waals surface area (Å²) in [5.41, 5.74) is 0.464. The van der Waals surface area contributed by atoms with Gasteiger partial charge in [-0.1, -0.05) is 0 Å². The Bertz CT molecular complexity index is 490. The van der Waals surface area contributed by atoms with Crippen molar-refractivity contribution in [3.63, 3.8) is 0 Å². The molecule has 2 rings (SSSR count). The quantitative estimate of drug-likeness (QED) is 0.795. The van der Waals surface area contributed by atoms with Gasteiger partial charge in [0, 0.05) is 17.8 Å². The van der Waals surface area contributed by atoms with Crippen LogP contribution in [0.5, 0.6) is 5.75 Å². The van der Waals surface area contributed by atoms with E-state index in [4.69, 9.17) is 0 Å². The van der Waals surface area contributed by atoms with Crippen LogP contribution in [0.1, 0.15) is 9.67 Å². The van der Waals surface area contributed by atoms with Gasteiger partial charge < -0.3 is 5.11 Å². The number of benzene rings is 1. The second kappa shape index (κ2) is 3.78. The molecule has 0 bridgehead atoms. The monoisotopic (exact) mass is 223 g/mol. The predicted molar refractivity (Wildman–Crippen MR) is 54.6 cm³/mol. The van der Waals surface area contributed by atoms with Gasteiger partial charge in [-0.3, -0.25) is 4.79 Å². The van der Waals surface area contributed by atoms with E-state index in [1.54, 1.807) is 0 Å². The van der Waals surface area contributed by atoms with E-state index >= 15 is 0 Å². The smallest absolute Gasteiger partial charge is 0.161 e. The van der Waals surface area contributed by atoms with Crippen LogP contribution in [0.15, 0.2) is 24.4 Å². The molecule has 15 heavy (non-hydrogen) atoms. The van der Waals surface area contributed by atoms with E-state index in [9.17, 15) is 14.3 Å². The number of hydrogen-bond acceptors (Lipinski definition) is 4. The third kappa shape index (κ3) is 2.02. The van der Waals surface area contributed by atoms with Crippen LogP contribution in [0.2, 0.25) is 0 Å². The fourth-order valence-electron chi connectivity index (χ4n) is 1.17. The van der Waals surface area contributed by atoms with Crippen molar-refractivity contribution >= 4 is 17.6 Å². The minimum absolute atomic E-state index is 0.159. The Morgan fingerprint density at radius 3 is 2.80 bits per heavy atom. The van der Waals surface area contributed by atoms with Gasteiger partial charge in [-0.25, -0.2) is 9.37 Å². The Kier molecular flexibility index (Phi) is 2.47. The normalized spacial score (nSPS) is 10.2. The highest BCUT2D eigenvalue weighted by atomic mass is 32.1. The Morgan fingerprint density at radius 1 is 1.40 bits per heavy atom. The molecule has 0 aliphatic rings. The highest BCUT2D eigenvalue weighted by Crippen LogP contribution is 2.27. The summed E-state index contributed by atoms with van der Waals surface area (Å²) in [7, 11) is 0. The molecule has 0 amide bonds. The number of carbonyl (C=O) groups is 1. The maximum atomic E-state index is 12.9. The first kappa shape index (κ1) is 9.79. The number of nitrogens with zero attached hydrogens (tertiary/aromatic N) is 1. The number of halogens is 1. The molecule has 0 saturated carbocycles. The molecule has 1 aromatic heterocycles. The van der Waals surface area contributed by atoms with Gasteiger partial charge in [0.2, 0.25) is 0 Å². The zero-order valence-electron chi connectivity index (χ0n) is 7.48. The van der Waals surface area contributed by atoms with Gasteiger partial charge in [0.1, 0.15) is 16.6 Å². The van der Waals surface area contributed by atoms with Gasteiger partial charge in [-0.15, -0.1) is 11.3 Å². The second-order valence-electron chi connectivity index (χ2n) is 2.88. The summed E-state index contributed by atoms with van der Waals surface area (Å²) in [6.07, 6.45) is 2.09. The fourth-order valence-corrected chi connectivity index (χ4v) is 1.89. The zero-order valence-corrected chi connectivity index (χ0v) is 8.29. The van der Waals surface area contributed by atoms with Gasteiger partial charge in [0.05, 0.1) is 4.88 Å². The summed E-state index contributed by atoms with van der Waals surface area (Å²) >= 11 is 1.15. The number of aldehydes is 1. The largest absolute Gasteiger partial charge is 0.508 e. The lowest BCUT2D eigenvalue weighted by molar-refractivity contribution is 0.112. The first-order valence-electron chi connectivity index (χ1n) is 4.10. The molecule has 0 unspecified atom stereocenters. The minimum Gasteiger partial charge on any atom is -0.508 e. The van der Waals surface area contributed by atoms with E-state index in [2.05, 4.69) is 4.98 Å². The molecule has 0 radical (unpaired) electrons. The van der Waals surface area contributed by atoms with Crippen LogP contribution < -0.4 is 0 Å². The van der Waals surface area contributed by atoms with Gasteiger partial charge in [0.25, 0.3) is 0 Å². The molecule has 2 aromatic rings. The molecule has 0 saturated heterocycles. The summed E-state index contributed by atoms with van der Waals surface area (Å²) in [6, 6.07) is 3.67. The van der Waals surface area contributed by atoms with Crippen molar-refractivity contribution in [1.29, 1.82) is 0 Å². The third-order valence-electron chi connectivity index (χ3n) is 1.77. The Morgan fingerprint density at radius 2 is 2.20 bits per heavy atom. The summed E-state index contributed by atoms with van der Waals surface area (Å²) < 4.78 is 12.9. The van der Waals surface area contributed by atoms with Gasteiger partial charge in [0.15, 0.2) is 6.29 Å². The van der Waals surface area contributed by atoms with Crippen LogP contribution in [0.4, 0.5) is 4.39 Å². The minimum atomic E-state index is -0.534. The van der Waals surface area contributed by atoms with Gasteiger partial charge in [-0.2, -0.15) is 0 Å².